The minimum atomic E-state index is 0.196. The molecule has 20 heavy (non-hydrogen) atoms. The molecule has 0 spiro atoms. The van der Waals surface area contributed by atoms with E-state index < -0.39 is 0 Å². The lowest BCUT2D eigenvalue weighted by Crippen LogP contribution is -2.30. The van der Waals surface area contributed by atoms with E-state index in [1.54, 1.807) is 6.07 Å². The Morgan fingerprint density at radius 1 is 1.20 bits per heavy atom. The van der Waals surface area contributed by atoms with Crippen molar-refractivity contribution in [3.05, 3.63) is 29.8 Å². The third-order valence-corrected chi connectivity index (χ3v) is 3.13. The van der Waals surface area contributed by atoms with Gasteiger partial charge in [0, 0.05) is 13.1 Å². The van der Waals surface area contributed by atoms with Crippen LogP contribution in [0.3, 0.4) is 0 Å². The highest BCUT2D eigenvalue weighted by atomic mass is 16.5. The van der Waals surface area contributed by atoms with Crippen LogP contribution in [0, 0.1) is 11.3 Å². The molecule has 0 unspecified atom stereocenters. The van der Waals surface area contributed by atoms with Crippen LogP contribution in [0.5, 0.6) is 5.75 Å². The molecule has 1 N–H and O–H groups in total. The lowest BCUT2D eigenvalue weighted by atomic mass is 10.2. The number of rotatable bonds is 10. The Balaban J connectivity index is 2.30. The molecule has 0 atom stereocenters. The second-order valence-corrected chi connectivity index (χ2v) is 4.73. The van der Waals surface area contributed by atoms with Crippen molar-refractivity contribution in [1.29, 1.82) is 5.26 Å². The van der Waals surface area contributed by atoms with Gasteiger partial charge in [0.05, 0.1) is 18.8 Å². The lowest BCUT2D eigenvalue weighted by Gasteiger charge is -2.20. The molecule has 0 heterocycles. The van der Waals surface area contributed by atoms with Gasteiger partial charge in [-0.15, -0.1) is 0 Å². The molecule has 0 aliphatic heterocycles. The van der Waals surface area contributed by atoms with Gasteiger partial charge < -0.3 is 14.7 Å². The van der Waals surface area contributed by atoms with Gasteiger partial charge in [-0.1, -0.05) is 25.5 Å². The van der Waals surface area contributed by atoms with Gasteiger partial charge in [-0.3, -0.25) is 0 Å². The number of hydrogen-bond acceptors (Lipinski definition) is 4. The summed E-state index contributed by atoms with van der Waals surface area (Å²) in [5.74, 6) is 0.650. The number of para-hydroxylation sites is 1. The molecule has 4 heteroatoms. The van der Waals surface area contributed by atoms with Crippen LogP contribution in [0.1, 0.15) is 31.7 Å². The summed E-state index contributed by atoms with van der Waals surface area (Å²) in [6, 6.07) is 9.41. The van der Waals surface area contributed by atoms with E-state index >= 15 is 0 Å². The summed E-state index contributed by atoms with van der Waals surface area (Å²) >= 11 is 0. The Bertz CT molecular complexity index is 415. The summed E-state index contributed by atoms with van der Waals surface area (Å²) in [7, 11) is 0. The van der Waals surface area contributed by atoms with Gasteiger partial charge in [0.1, 0.15) is 11.8 Å². The fraction of sp³-hybridized carbons (Fsp3) is 0.562. The van der Waals surface area contributed by atoms with Crippen LogP contribution in [0.2, 0.25) is 0 Å². The molecule has 1 aromatic rings. The average molecular weight is 276 g/mol. The first-order valence-corrected chi connectivity index (χ1v) is 7.27. The van der Waals surface area contributed by atoms with Crippen LogP contribution in [0.25, 0.3) is 0 Å². The highest BCUT2D eigenvalue weighted by molar-refractivity contribution is 5.42. The highest BCUT2D eigenvalue weighted by Crippen LogP contribution is 2.16. The minimum absolute atomic E-state index is 0.196. The van der Waals surface area contributed by atoms with Crippen molar-refractivity contribution < 1.29 is 9.84 Å². The van der Waals surface area contributed by atoms with Crippen LogP contribution in [0.4, 0.5) is 0 Å². The van der Waals surface area contributed by atoms with Crippen molar-refractivity contribution in [2.75, 3.05) is 32.8 Å². The van der Waals surface area contributed by atoms with Crippen LogP contribution >= 0.6 is 0 Å². The monoisotopic (exact) mass is 276 g/mol. The van der Waals surface area contributed by atoms with Gasteiger partial charge in [0.25, 0.3) is 0 Å². The van der Waals surface area contributed by atoms with E-state index in [1.807, 2.05) is 18.2 Å². The SMILES string of the molecule is CCCCN(CCO)CCCOc1ccccc1C#N. The maximum Gasteiger partial charge on any atom is 0.137 e. The number of ether oxygens (including phenoxy) is 1. The van der Waals surface area contributed by atoms with Crippen molar-refractivity contribution in [1.82, 2.24) is 4.90 Å². The summed E-state index contributed by atoms with van der Waals surface area (Å²) in [5.41, 5.74) is 0.575. The number of aliphatic hydroxyl groups excluding tert-OH is 1. The molecule has 0 aromatic heterocycles. The van der Waals surface area contributed by atoms with E-state index in [1.165, 1.54) is 0 Å². The zero-order chi connectivity index (χ0) is 14.6. The topological polar surface area (TPSA) is 56.5 Å². The summed E-state index contributed by atoms with van der Waals surface area (Å²) in [4.78, 5) is 2.25. The summed E-state index contributed by atoms with van der Waals surface area (Å²) in [5, 5.41) is 18.0. The number of nitrogens with zero attached hydrogens (tertiary/aromatic N) is 2. The van der Waals surface area contributed by atoms with Crippen LogP contribution in [-0.4, -0.2) is 42.9 Å². The zero-order valence-corrected chi connectivity index (χ0v) is 12.2. The summed E-state index contributed by atoms with van der Waals surface area (Å²) in [6.45, 7) is 5.60. The van der Waals surface area contributed by atoms with Gasteiger partial charge in [-0.05, 0) is 31.5 Å². The van der Waals surface area contributed by atoms with Gasteiger partial charge >= 0.3 is 0 Å². The van der Waals surface area contributed by atoms with Crippen molar-refractivity contribution in [2.24, 2.45) is 0 Å². The summed E-state index contributed by atoms with van der Waals surface area (Å²) in [6.07, 6.45) is 3.20. The molecule has 0 saturated carbocycles. The molecular weight excluding hydrogens is 252 g/mol. The molecule has 0 aliphatic rings. The van der Waals surface area contributed by atoms with Gasteiger partial charge in [0.15, 0.2) is 0 Å². The van der Waals surface area contributed by atoms with Gasteiger partial charge in [-0.25, -0.2) is 0 Å². The zero-order valence-electron chi connectivity index (χ0n) is 12.2. The maximum absolute atomic E-state index is 9.03. The first kappa shape index (κ1) is 16.5. The predicted molar refractivity (Wildman–Crippen MR) is 79.7 cm³/mol. The van der Waals surface area contributed by atoms with Crippen LogP contribution < -0.4 is 4.74 Å². The van der Waals surface area contributed by atoms with Crippen molar-refractivity contribution in [3.8, 4) is 11.8 Å². The third-order valence-electron chi connectivity index (χ3n) is 3.13. The smallest absolute Gasteiger partial charge is 0.137 e. The number of hydrogen-bond donors (Lipinski definition) is 1. The van der Waals surface area contributed by atoms with Crippen molar-refractivity contribution in [2.45, 2.75) is 26.2 Å². The predicted octanol–water partition coefficient (Wildman–Crippen LogP) is 2.42. The summed E-state index contributed by atoms with van der Waals surface area (Å²) < 4.78 is 5.65. The fourth-order valence-electron chi connectivity index (χ4n) is 2.01. The Labute approximate surface area is 121 Å². The quantitative estimate of drug-likeness (QED) is 0.667. The molecule has 0 amide bonds. The number of nitriles is 1. The molecule has 110 valence electrons. The third kappa shape index (κ3) is 6.05. The van der Waals surface area contributed by atoms with E-state index in [9.17, 15) is 0 Å². The Hall–Kier alpha value is -1.57. The molecule has 0 saturated heterocycles. The second-order valence-electron chi connectivity index (χ2n) is 4.73. The van der Waals surface area contributed by atoms with Crippen molar-refractivity contribution in [3.63, 3.8) is 0 Å². The Morgan fingerprint density at radius 2 is 1.95 bits per heavy atom. The second kappa shape index (κ2) is 10.2. The Kier molecular flexibility index (Phi) is 8.44. The molecule has 0 bridgehead atoms. The van der Waals surface area contributed by atoms with Crippen LogP contribution in [0.15, 0.2) is 24.3 Å². The number of benzene rings is 1. The molecular formula is C16H24N2O2. The normalized spacial score (nSPS) is 10.5. The van der Waals surface area contributed by atoms with E-state index in [-0.39, 0.29) is 6.61 Å². The van der Waals surface area contributed by atoms with Crippen molar-refractivity contribution >= 4 is 0 Å². The minimum Gasteiger partial charge on any atom is -0.492 e. The standard InChI is InChI=1S/C16H24N2O2/c1-2-3-9-18(11-12-19)10-6-13-20-16-8-5-4-7-15(16)14-17/h4-5,7-8,19H,2-3,6,9-13H2,1H3. The maximum atomic E-state index is 9.03. The molecule has 4 nitrogen and oxygen atoms in total. The highest BCUT2D eigenvalue weighted by Gasteiger charge is 2.05. The molecule has 0 fully saturated rings. The van der Waals surface area contributed by atoms with Gasteiger partial charge in [-0.2, -0.15) is 5.26 Å². The fourth-order valence-corrected chi connectivity index (χ4v) is 2.01. The largest absolute Gasteiger partial charge is 0.492 e. The molecule has 0 radical (unpaired) electrons. The molecule has 1 rings (SSSR count). The first-order chi connectivity index (χ1) is 9.81. The Morgan fingerprint density at radius 3 is 2.65 bits per heavy atom. The number of unbranched alkanes of at least 4 members (excludes halogenated alkanes) is 1. The molecule has 1 aromatic carbocycles. The number of aliphatic hydroxyl groups is 1. The molecule has 0 aliphatic carbocycles. The van der Waals surface area contributed by atoms with E-state index in [0.29, 0.717) is 17.9 Å². The first-order valence-electron chi connectivity index (χ1n) is 7.27. The van der Waals surface area contributed by atoms with E-state index in [2.05, 4.69) is 17.9 Å². The van der Waals surface area contributed by atoms with Gasteiger partial charge in [0.2, 0.25) is 0 Å². The van der Waals surface area contributed by atoms with Crippen LogP contribution in [-0.2, 0) is 0 Å². The van der Waals surface area contributed by atoms with E-state index in [4.69, 9.17) is 15.1 Å². The average Bonchev–Trinajstić information content (AvgIpc) is 2.49. The van der Waals surface area contributed by atoms with E-state index in [0.717, 1.165) is 38.9 Å². The lowest BCUT2D eigenvalue weighted by molar-refractivity contribution is 0.181.